The van der Waals surface area contributed by atoms with E-state index in [9.17, 15) is 0 Å². The van der Waals surface area contributed by atoms with Gasteiger partial charge in [-0.3, -0.25) is 0 Å². The first-order chi connectivity index (χ1) is 7.07. The standard InChI is InChI=1S/C12H20N2O/c1-5-12(3,4)7-10-8-13-11(14-9-10)15-6-2/h8-9H,5-7H2,1-4H3. The molecule has 3 nitrogen and oxygen atoms in total. The summed E-state index contributed by atoms with van der Waals surface area (Å²) < 4.78 is 5.20. The van der Waals surface area contributed by atoms with E-state index in [0.717, 1.165) is 12.8 Å². The predicted molar refractivity (Wildman–Crippen MR) is 61.0 cm³/mol. The second-order valence-electron chi connectivity index (χ2n) is 4.50. The highest BCUT2D eigenvalue weighted by molar-refractivity contribution is 5.09. The van der Waals surface area contributed by atoms with Gasteiger partial charge in [0.1, 0.15) is 0 Å². The molecular weight excluding hydrogens is 188 g/mol. The summed E-state index contributed by atoms with van der Waals surface area (Å²) in [7, 11) is 0. The Balaban J connectivity index is 2.64. The molecule has 0 aliphatic carbocycles. The molecule has 0 amide bonds. The molecule has 0 aliphatic rings. The summed E-state index contributed by atoms with van der Waals surface area (Å²) in [6.07, 6.45) is 5.88. The van der Waals surface area contributed by atoms with E-state index in [2.05, 4.69) is 30.7 Å². The molecule has 0 atom stereocenters. The number of nitrogens with zero attached hydrogens (tertiary/aromatic N) is 2. The van der Waals surface area contributed by atoms with Gasteiger partial charge >= 0.3 is 6.01 Å². The molecular formula is C12H20N2O. The van der Waals surface area contributed by atoms with Crippen molar-refractivity contribution in [3.63, 3.8) is 0 Å². The van der Waals surface area contributed by atoms with E-state index in [1.807, 2.05) is 19.3 Å². The molecule has 1 heterocycles. The maximum Gasteiger partial charge on any atom is 0.316 e. The highest BCUT2D eigenvalue weighted by Gasteiger charge is 2.16. The van der Waals surface area contributed by atoms with Crippen LogP contribution in [0.5, 0.6) is 6.01 Å². The fourth-order valence-corrected chi connectivity index (χ4v) is 1.32. The number of hydrogen-bond acceptors (Lipinski definition) is 3. The molecule has 0 unspecified atom stereocenters. The lowest BCUT2D eigenvalue weighted by Gasteiger charge is -2.21. The molecule has 1 aromatic heterocycles. The first-order valence-corrected chi connectivity index (χ1v) is 5.51. The van der Waals surface area contributed by atoms with Gasteiger partial charge in [-0.15, -0.1) is 0 Å². The van der Waals surface area contributed by atoms with Gasteiger partial charge in [-0.05, 0) is 24.3 Å². The van der Waals surface area contributed by atoms with Crippen molar-refractivity contribution in [2.45, 2.75) is 40.5 Å². The maximum atomic E-state index is 5.20. The highest BCUT2D eigenvalue weighted by Crippen LogP contribution is 2.24. The minimum Gasteiger partial charge on any atom is -0.464 e. The Morgan fingerprint density at radius 3 is 2.27 bits per heavy atom. The third-order valence-corrected chi connectivity index (χ3v) is 2.59. The zero-order chi connectivity index (χ0) is 11.3. The highest BCUT2D eigenvalue weighted by atomic mass is 16.5. The number of rotatable bonds is 5. The molecule has 0 saturated carbocycles. The van der Waals surface area contributed by atoms with Crippen molar-refractivity contribution in [2.75, 3.05) is 6.61 Å². The summed E-state index contributed by atoms with van der Waals surface area (Å²) in [6, 6.07) is 0.468. The lowest BCUT2D eigenvalue weighted by Crippen LogP contribution is -2.13. The molecule has 0 bridgehead atoms. The van der Waals surface area contributed by atoms with Crippen LogP contribution < -0.4 is 4.74 Å². The molecule has 0 radical (unpaired) electrons. The predicted octanol–water partition coefficient (Wildman–Crippen LogP) is 2.85. The monoisotopic (exact) mass is 208 g/mol. The van der Waals surface area contributed by atoms with E-state index in [1.54, 1.807) is 0 Å². The third-order valence-electron chi connectivity index (χ3n) is 2.59. The van der Waals surface area contributed by atoms with Gasteiger partial charge in [0.15, 0.2) is 0 Å². The van der Waals surface area contributed by atoms with Crippen LogP contribution in [0.15, 0.2) is 12.4 Å². The van der Waals surface area contributed by atoms with Crippen molar-refractivity contribution in [2.24, 2.45) is 5.41 Å². The summed E-state index contributed by atoms with van der Waals surface area (Å²) in [4.78, 5) is 8.31. The zero-order valence-electron chi connectivity index (χ0n) is 10.1. The average Bonchev–Trinajstić information content (AvgIpc) is 2.21. The third kappa shape index (κ3) is 3.86. The number of aromatic nitrogens is 2. The van der Waals surface area contributed by atoms with Crippen molar-refractivity contribution < 1.29 is 4.74 Å². The molecule has 15 heavy (non-hydrogen) atoms. The summed E-state index contributed by atoms with van der Waals surface area (Å²) in [5.41, 5.74) is 1.49. The lowest BCUT2D eigenvalue weighted by atomic mass is 9.84. The van der Waals surface area contributed by atoms with Crippen molar-refractivity contribution in [1.29, 1.82) is 0 Å². The SMILES string of the molecule is CCOc1ncc(CC(C)(C)CC)cn1. The average molecular weight is 208 g/mol. The zero-order valence-corrected chi connectivity index (χ0v) is 10.1. The van der Waals surface area contributed by atoms with Gasteiger partial charge in [0.25, 0.3) is 0 Å². The first kappa shape index (κ1) is 12.0. The Morgan fingerprint density at radius 1 is 1.20 bits per heavy atom. The Labute approximate surface area is 91.9 Å². The van der Waals surface area contributed by atoms with Crippen LogP contribution in [0.1, 0.15) is 39.7 Å². The molecule has 1 rings (SSSR count). The number of ether oxygens (including phenoxy) is 1. The fraction of sp³-hybridized carbons (Fsp3) is 0.667. The smallest absolute Gasteiger partial charge is 0.316 e. The molecule has 3 heteroatoms. The maximum absolute atomic E-state index is 5.20. The van der Waals surface area contributed by atoms with E-state index in [1.165, 1.54) is 5.56 Å². The molecule has 0 saturated heterocycles. The van der Waals surface area contributed by atoms with Gasteiger partial charge in [0, 0.05) is 12.4 Å². The Morgan fingerprint density at radius 2 is 1.80 bits per heavy atom. The Kier molecular flexibility index (Phi) is 4.06. The second-order valence-corrected chi connectivity index (χ2v) is 4.50. The minimum atomic E-state index is 0.316. The van der Waals surface area contributed by atoms with Gasteiger partial charge in [0.2, 0.25) is 0 Å². The van der Waals surface area contributed by atoms with E-state index >= 15 is 0 Å². The van der Waals surface area contributed by atoms with Crippen LogP contribution >= 0.6 is 0 Å². The van der Waals surface area contributed by atoms with Gasteiger partial charge in [-0.1, -0.05) is 27.2 Å². The quantitative estimate of drug-likeness (QED) is 0.746. The van der Waals surface area contributed by atoms with E-state index in [0.29, 0.717) is 18.0 Å². The number of hydrogen-bond donors (Lipinski definition) is 0. The Bertz CT molecular complexity index is 293. The van der Waals surface area contributed by atoms with Crippen LogP contribution in [0.2, 0.25) is 0 Å². The van der Waals surface area contributed by atoms with Crippen LogP contribution in [-0.4, -0.2) is 16.6 Å². The van der Waals surface area contributed by atoms with Crippen molar-refractivity contribution in [1.82, 2.24) is 9.97 Å². The molecule has 0 fully saturated rings. The van der Waals surface area contributed by atoms with Crippen molar-refractivity contribution >= 4 is 0 Å². The fourth-order valence-electron chi connectivity index (χ4n) is 1.32. The summed E-state index contributed by atoms with van der Waals surface area (Å²) in [5, 5.41) is 0. The van der Waals surface area contributed by atoms with Gasteiger partial charge in [-0.2, -0.15) is 0 Å². The largest absolute Gasteiger partial charge is 0.464 e. The summed E-state index contributed by atoms with van der Waals surface area (Å²) in [6.45, 7) is 9.25. The van der Waals surface area contributed by atoms with Crippen molar-refractivity contribution in [3.05, 3.63) is 18.0 Å². The summed E-state index contributed by atoms with van der Waals surface area (Å²) in [5.74, 6) is 0. The second kappa shape index (κ2) is 5.10. The van der Waals surface area contributed by atoms with Crippen LogP contribution in [0.25, 0.3) is 0 Å². The first-order valence-electron chi connectivity index (χ1n) is 5.51. The lowest BCUT2D eigenvalue weighted by molar-refractivity contribution is 0.310. The van der Waals surface area contributed by atoms with Crippen LogP contribution in [0, 0.1) is 5.41 Å². The van der Waals surface area contributed by atoms with E-state index < -0.39 is 0 Å². The normalized spacial score (nSPS) is 11.5. The van der Waals surface area contributed by atoms with E-state index in [-0.39, 0.29) is 0 Å². The van der Waals surface area contributed by atoms with E-state index in [4.69, 9.17) is 4.74 Å². The van der Waals surface area contributed by atoms with Crippen molar-refractivity contribution in [3.8, 4) is 6.01 Å². The molecule has 1 aromatic rings. The van der Waals surface area contributed by atoms with Crippen LogP contribution in [0.4, 0.5) is 0 Å². The molecule has 0 N–H and O–H groups in total. The van der Waals surface area contributed by atoms with Crippen LogP contribution in [-0.2, 0) is 6.42 Å². The summed E-state index contributed by atoms with van der Waals surface area (Å²) >= 11 is 0. The van der Waals surface area contributed by atoms with Gasteiger partial charge in [-0.25, -0.2) is 9.97 Å². The minimum absolute atomic E-state index is 0.316. The molecule has 0 spiro atoms. The molecule has 0 aliphatic heterocycles. The topological polar surface area (TPSA) is 35.0 Å². The molecule has 0 aromatic carbocycles. The van der Waals surface area contributed by atoms with Crippen LogP contribution in [0.3, 0.4) is 0 Å². The Hall–Kier alpha value is -1.12. The van der Waals surface area contributed by atoms with Gasteiger partial charge < -0.3 is 4.74 Å². The van der Waals surface area contributed by atoms with Gasteiger partial charge in [0.05, 0.1) is 6.61 Å². The molecule has 84 valence electrons.